The highest BCUT2D eigenvalue weighted by atomic mass is 15.1. The van der Waals surface area contributed by atoms with Crippen molar-refractivity contribution in [3.8, 4) is 0 Å². The summed E-state index contributed by atoms with van der Waals surface area (Å²) in [5.74, 6) is 0.741. The molecule has 1 saturated carbocycles. The Kier molecular flexibility index (Phi) is 3.64. The molecule has 2 N–H and O–H groups in total. The van der Waals surface area contributed by atoms with Crippen LogP contribution in [0.2, 0.25) is 0 Å². The Balaban J connectivity index is 1.88. The molecule has 0 spiro atoms. The van der Waals surface area contributed by atoms with Gasteiger partial charge in [0.1, 0.15) is 0 Å². The molecule has 1 aromatic rings. The lowest BCUT2D eigenvalue weighted by molar-refractivity contribution is 0.347. The minimum atomic E-state index is 0.328. The zero-order valence-corrected chi connectivity index (χ0v) is 12.1. The lowest BCUT2D eigenvalue weighted by atomic mass is 9.82. The van der Waals surface area contributed by atoms with Crippen LogP contribution < -0.4 is 5.73 Å². The molecule has 2 fully saturated rings. The Labute approximate surface area is 117 Å². The summed E-state index contributed by atoms with van der Waals surface area (Å²) in [5, 5.41) is 0. The molecule has 1 unspecified atom stereocenters. The van der Waals surface area contributed by atoms with Gasteiger partial charge in [-0.15, -0.1) is 0 Å². The molecule has 0 radical (unpaired) electrons. The Bertz CT molecular complexity index is 437. The maximum Gasteiger partial charge on any atom is 0.00790 e. The van der Waals surface area contributed by atoms with Crippen molar-refractivity contribution in [2.24, 2.45) is 5.73 Å². The highest BCUT2D eigenvalue weighted by molar-refractivity contribution is 5.41. The van der Waals surface area contributed by atoms with Crippen LogP contribution in [0.25, 0.3) is 0 Å². The average Bonchev–Trinajstić information content (AvgIpc) is 3.24. The van der Waals surface area contributed by atoms with Crippen molar-refractivity contribution in [2.45, 2.75) is 43.4 Å². The fourth-order valence-corrected chi connectivity index (χ4v) is 3.62. The molecule has 1 heterocycles. The zero-order valence-electron chi connectivity index (χ0n) is 12.1. The van der Waals surface area contributed by atoms with Crippen LogP contribution in [-0.2, 0) is 5.41 Å². The summed E-state index contributed by atoms with van der Waals surface area (Å²) in [5.41, 5.74) is 9.53. The number of hydrogen-bond donors (Lipinski definition) is 1. The van der Waals surface area contributed by atoms with Gasteiger partial charge in [0.25, 0.3) is 0 Å². The van der Waals surface area contributed by atoms with Crippen LogP contribution in [0.4, 0.5) is 0 Å². The highest BCUT2D eigenvalue weighted by Gasteiger charge is 2.44. The Morgan fingerprint density at radius 1 is 1.21 bits per heavy atom. The van der Waals surface area contributed by atoms with Gasteiger partial charge in [0, 0.05) is 12.0 Å². The molecule has 3 rings (SSSR count). The quantitative estimate of drug-likeness (QED) is 0.903. The number of hydrogen-bond acceptors (Lipinski definition) is 2. The molecule has 0 aromatic heterocycles. The van der Waals surface area contributed by atoms with E-state index >= 15 is 0 Å². The van der Waals surface area contributed by atoms with Gasteiger partial charge in [0.05, 0.1) is 0 Å². The number of benzene rings is 1. The SMILES string of the molecule is CN1CCCC(c2ccccc2C2(CN)CC2)CC1. The topological polar surface area (TPSA) is 29.3 Å². The van der Waals surface area contributed by atoms with Crippen molar-refractivity contribution in [3.05, 3.63) is 35.4 Å². The van der Waals surface area contributed by atoms with E-state index in [0.717, 1.165) is 12.5 Å². The van der Waals surface area contributed by atoms with Gasteiger partial charge >= 0.3 is 0 Å². The first kappa shape index (κ1) is 13.1. The molecule has 2 aliphatic rings. The second-order valence-electron chi connectivity index (χ2n) is 6.50. The fraction of sp³-hybridized carbons (Fsp3) is 0.647. The van der Waals surface area contributed by atoms with Gasteiger partial charge in [-0.1, -0.05) is 24.3 Å². The normalized spacial score (nSPS) is 26.9. The van der Waals surface area contributed by atoms with Crippen LogP contribution >= 0.6 is 0 Å². The van der Waals surface area contributed by atoms with Crippen molar-refractivity contribution in [3.63, 3.8) is 0 Å². The van der Waals surface area contributed by atoms with Crippen molar-refractivity contribution in [1.82, 2.24) is 4.90 Å². The van der Waals surface area contributed by atoms with Gasteiger partial charge in [0.15, 0.2) is 0 Å². The van der Waals surface area contributed by atoms with Gasteiger partial charge in [-0.3, -0.25) is 0 Å². The molecule has 1 saturated heterocycles. The summed E-state index contributed by atoms with van der Waals surface area (Å²) in [6, 6.07) is 9.10. The number of rotatable bonds is 3. The summed E-state index contributed by atoms with van der Waals surface area (Å²) in [4.78, 5) is 2.47. The summed E-state index contributed by atoms with van der Waals surface area (Å²) >= 11 is 0. The largest absolute Gasteiger partial charge is 0.330 e. The standard InChI is InChI=1S/C17H26N2/c1-19-11-4-5-14(8-12-19)15-6-2-3-7-16(15)17(13-18)9-10-17/h2-3,6-7,14H,4-5,8-13,18H2,1H3. The van der Waals surface area contributed by atoms with Crippen molar-refractivity contribution >= 4 is 0 Å². The van der Waals surface area contributed by atoms with E-state index < -0.39 is 0 Å². The molecule has 1 aliphatic carbocycles. The lowest BCUT2D eigenvalue weighted by Gasteiger charge is -2.23. The maximum atomic E-state index is 6.04. The van der Waals surface area contributed by atoms with E-state index in [2.05, 4.69) is 36.2 Å². The summed E-state index contributed by atoms with van der Waals surface area (Å²) in [6.45, 7) is 3.30. The molecule has 104 valence electrons. The van der Waals surface area contributed by atoms with Gasteiger partial charge in [-0.25, -0.2) is 0 Å². The molecule has 1 aliphatic heterocycles. The zero-order chi connectivity index (χ0) is 13.3. The summed E-state index contributed by atoms with van der Waals surface area (Å²) < 4.78 is 0. The molecule has 1 aromatic carbocycles. The van der Waals surface area contributed by atoms with E-state index in [1.807, 2.05) is 0 Å². The molecule has 2 heteroatoms. The highest BCUT2D eigenvalue weighted by Crippen LogP contribution is 2.50. The molecular formula is C17H26N2. The van der Waals surface area contributed by atoms with Crippen LogP contribution in [0, 0.1) is 0 Å². The first-order valence-corrected chi connectivity index (χ1v) is 7.73. The molecule has 0 amide bonds. The van der Waals surface area contributed by atoms with Crippen LogP contribution in [0.3, 0.4) is 0 Å². The monoisotopic (exact) mass is 258 g/mol. The summed E-state index contributed by atoms with van der Waals surface area (Å²) in [6.07, 6.45) is 6.53. The minimum absolute atomic E-state index is 0.328. The predicted molar refractivity (Wildman–Crippen MR) is 80.5 cm³/mol. The number of likely N-dealkylation sites (tertiary alicyclic amines) is 1. The van der Waals surface area contributed by atoms with E-state index in [1.165, 1.54) is 45.2 Å². The van der Waals surface area contributed by atoms with Crippen LogP contribution in [0.15, 0.2) is 24.3 Å². The van der Waals surface area contributed by atoms with Crippen LogP contribution in [-0.4, -0.2) is 31.6 Å². The van der Waals surface area contributed by atoms with Crippen LogP contribution in [0.5, 0.6) is 0 Å². The van der Waals surface area contributed by atoms with Gasteiger partial charge < -0.3 is 10.6 Å². The smallest absolute Gasteiger partial charge is 0.00790 e. The molecule has 19 heavy (non-hydrogen) atoms. The third kappa shape index (κ3) is 2.56. The third-order valence-electron chi connectivity index (χ3n) is 5.17. The molecule has 0 bridgehead atoms. The second-order valence-corrected chi connectivity index (χ2v) is 6.50. The van der Waals surface area contributed by atoms with Crippen molar-refractivity contribution in [1.29, 1.82) is 0 Å². The van der Waals surface area contributed by atoms with E-state index in [4.69, 9.17) is 5.73 Å². The molecule has 1 atom stereocenters. The first-order chi connectivity index (χ1) is 9.25. The number of nitrogens with zero attached hydrogens (tertiary/aromatic N) is 1. The van der Waals surface area contributed by atoms with Gasteiger partial charge in [-0.2, -0.15) is 0 Å². The van der Waals surface area contributed by atoms with E-state index in [1.54, 1.807) is 11.1 Å². The van der Waals surface area contributed by atoms with Crippen molar-refractivity contribution in [2.75, 3.05) is 26.7 Å². The third-order valence-corrected chi connectivity index (χ3v) is 5.17. The first-order valence-electron chi connectivity index (χ1n) is 7.73. The molecular weight excluding hydrogens is 232 g/mol. The van der Waals surface area contributed by atoms with E-state index in [9.17, 15) is 0 Å². The lowest BCUT2D eigenvalue weighted by Crippen LogP contribution is -2.22. The number of nitrogens with two attached hydrogens (primary N) is 1. The maximum absolute atomic E-state index is 6.04. The summed E-state index contributed by atoms with van der Waals surface area (Å²) in [7, 11) is 2.25. The van der Waals surface area contributed by atoms with E-state index in [0.29, 0.717) is 5.41 Å². The van der Waals surface area contributed by atoms with Gasteiger partial charge in [-0.05, 0) is 69.3 Å². The van der Waals surface area contributed by atoms with Gasteiger partial charge in [0.2, 0.25) is 0 Å². The fourth-order valence-electron chi connectivity index (χ4n) is 3.62. The predicted octanol–water partition coefficient (Wildman–Crippen LogP) is 2.88. The minimum Gasteiger partial charge on any atom is -0.330 e. The second kappa shape index (κ2) is 5.26. The Morgan fingerprint density at radius 3 is 2.74 bits per heavy atom. The van der Waals surface area contributed by atoms with Crippen LogP contribution in [0.1, 0.15) is 49.1 Å². The Hall–Kier alpha value is -0.860. The molecule has 2 nitrogen and oxygen atoms in total. The van der Waals surface area contributed by atoms with E-state index in [-0.39, 0.29) is 0 Å². The Morgan fingerprint density at radius 2 is 2.00 bits per heavy atom. The average molecular weight is 258 g/mol. The van der Waals surface area contributed by atoms with Crippen molar-refractivity contribution < 1.29 is 0 Å².